The Morgan fingerprint density at radius 2 is 2.00 bits per heavy atom. The van der Waals surface area contributed by atoms with E-state index < -0.39 is 11.8 Å². The molecule has 0 amide bonds. The Hall–Kier alpha value is -3.69. The number of halogens is 1. The zero-order valence-corrected chi connectivity index (χ0v) is 22.8. The van der Waals surface area contributed by atoms with Crippen LogP contribution in [0.2, 0.25) is 0 Å². The molecule has 3 aliphatic heterocycles. The third-order valence-corrected chi connectivity index (χ3v) is 8.16. The van der Waals surface area contributed by atoms with E-state index in [1.807, 2.05) is 25.1 Å². The van der Waals surface area contributed by atoms with Crippen LogP contribution in [-0.2, 0) is 28.4 Å². The van der Waals surface area contributed by atoms with Crippen molar-refractivity contribution in [3.05, 3.63) is 82.7 Å². The van der Waals surface area contributed by atoms with Crippen LogP contribution in [0.1, 0.15) is 60.3 Å². The van der Waals surface area contributed by atoms with E-state index in [0.717, 1.165) is 67.7 Å². The molecule has 0 saturated carbocycles. The minimum atomic E-state index is -1.22. The van der Waals surface area contributed by atoms with Gasteiger partial charge in [0, 0.05) is 25.2 Å². The van der Waals surface area contributed by atoms with E-state index in [9.17, 15) is 9.18 Å². The van der Waals surface area contributed by atoms with E-state index in [0.29, 0.717) is 30.2 Å². The second-order valence-corrected chi connectivity index (χ2v) is 11.0. The molecule has 0 radical (unpaired) electrons. The smallest absolute Gasteiger partial charge is 0.328 e. The van der Waals surface area contributed by atoms with Gasteiger partial charge in [-0.3, -0.25) is 4.90 Å². The molecular formula is C31H34FN3O5. The number of ether oxygens (including phenoxy) is 3. The first kappa shape index (κ1) is 26.5. The van der Waals surface area contributed by atoms with Crippen molar-refractivity contribution in [3.63, 3.8) is 0 Å². The number of carboxylic acids is 1. The van der Waals surface area contributed by atoms with Crippen molar-refractivity contribution in [2.45, 2.75) is 64.0 Å². The molecule has 0 aliphatic carbocycles. The molecule has 2 fully saturated rings. The monoisotopic (exact) mass is 547 g/mol. The Bertz CT molecular complexity index is 1440. The molecule has 1 N–H and O–H groups in total. The third kappa shape index (κ3) is 5.23. The lowest BCUT2D eigenvalue weighted by Crippen LogP contribution is -2.35. The summed E-state index contributed by atoms with van der Waals surface area (Å²) in [6, 6.07) is 11.1. The molecule has 2 atom stereocenters. The topological polar surface area (TPSA) is 86.1 Å². The van der Waals surface area contributed by atoms with E-state index in [-0.39, 0.29) is 17.8 Å². The van der Waals surface area contributed by atoms with Crippen molar-refractivity contribution in [2.75, 3.05) is 19.7 Å². The third-order valence-electron chi connectivity index (χ3n) is 8.16. The summed E-state index contributed by atoms with van der Waals surface area (Å²) in [6.07, 6.45) is 7.48. The Kier molecular flexibility index (Phi) is 7.10. The highest BCUT2D eigenvalue weighted by Crippen LogP contribution is 2.49. The van der Waals surface area contributed by atoms with Crippen LogP contribution in [0.4, 0.5) is 4.39 Å². The van der Waals surface area contributed by atoms with Crippen molar-refractivity contribution in [1.82, 2.24) is 14.5 Å². The van der Waals surface area contributed by atoms with Gasteiger partial charge in [0.2, 0.25) is 0 Å². The number of para-hydroxylation sites is 1. The van der Waals surface area contributed by atoms with E-state index in [4.69, 9.17) is 19.3 Å². The number of benzene rings is 2. The number of nitrogens with zero attached hydrogens (tertiary/aromatic N) is 3. The van der Waals surface area contributed by atoms with E-state index in [1.54, 1.807) is 25.3 Å². The van der Waals surface area contributed by atoms with Gasteiger partial charge in [0.05, 0.1) is 36.6 Å². The number of carboxylic acid groups (broad SMARTS) is 1. The predicted molar refractivity (Wildman–Crippen MR) is 147 cm³/mol. The number of aromatic nitrogens is 2. The molecule has 9 heteroatoms. The number of hydrogen-bond donors (Lipinski definition) is 1. The van der Waals surface area contributed by atoms with Crippen molar-refractivity contribution < 1.29 is 28.5 Å². The van der Waals surface area contributed by atoms with E-state index in [1.165, 1.54) is 6.07 Å². The van der Waals surface area contributed by atoms with Crippen LogP contribution in [0.3, 0.4) is 0 Å². The Morgan fingerprint density at radius 1 is 1.20 bits per heavy atom. The summed E-state index contributed by atoms with van der Waals surface area (Å²) >= 11 is 0. The molecule has 40 heavy (non-hydrogen) atoms. The first-order valence-electron chi connectivity index (χ1n) is 13.9. The summed E-state index contributed by atoms with van der Waals surface area (Å²) in [5, 5.41) is 9.08. The van der Waals surface area contributed by atoms with Gasteiger partial charge in [-0.05, 0) is 75.0 Å². The van der Waals surface area contributed by atoms with Gasteiger partial charge in [-0.25, -0.2) is 14.2 Å². The van der Waals surface area contributed by atoms with Crippen LogP contribution < -0.4 is 9.47 Å². The number of piperidine rings is 1. The van der Waals surface area contributed by atoms with Crippen molar-refractivity contribution in [2.24, 2.45) is 0 Å². The van der Waals surface area contributed by atoms with Crippen LogP contribution in [0, 0.1) is 12.7 Å². The maximum atomic E-state index is 14.8. The average Bonchev–Trinajstić information content (AvgIpc) is 3.45. The standard InChI is InChI=1S/C31H34FN3O5/c1-20-6-8-25(26(32)16-20)31(2)39-27-5-3-4-24(30(27)40-31)21-10-13-34(14-11-21)19-28-33-17-22(7-9-29(36)37)35(28)18-23-12-15-38-23/h3-9,16-17,21,23H,10-15,18-19H2,1-2H3,(H,36,37)/b9-7+/t23-,31+/m0/s1. The van der Waals surface area contributed by atoms with Crippen LogP contribution in [0.25, 0.3) is 6.08 Å². The van der Waals surface area contributed by atoms with Crippen molar-refractivity contribution in [3.8, 4) is 11.5 Å². The zero-order valence-electron chi connectivity index (χ0n) is 22.8. The largest absolute Gasteiger partial charge is 0.478 e. The van der Waals surface area contributed by atoms with Gasteiger partial charge in [-0.1, -0.05) is 18.2 Å². The fourth-order valence-corrected chi connectivity index (χ4v) is 5.86. The highest BCUT2D eigenvalue weighted by molar-refractivity contribution is 5.84. The minimum Gasteiger partial charge on any atom is -0.478 e. The number of aliphatic carboxylic acids is 1. The molecule has 1 aromatic heterocycles. The van der Waals surface area contributed by atoms with Gasteiger partial charge in [-0.2, -0.15) is 0 Å². The Labute approximate surface area is 233 Å². The summed E-state index contributed by atoms with van der Waals surface area (Å²) in [6.45, 7) is 7.49. The number of aryl methyl sites for hydroxylation is 1. The lowest BCUT2D eigenvalue weighted by molar-refractivity contribution is -0.131. The fourth-order valence-electron chi connectivity index (χ4n) is 5.86. The number of hydrogen-bond acceptors (Lipinski definition) is 6. The highest BCUT2D eigenvalue weighted by atomic mass is 19.1. The molecule has 2 aromatic carbocycles. The molecule has 3 aromatic rings. The van der Waals surface area contributed by atoms with Crippen LogP contribution in [0.15, 0.2) is 48.7 Å². The maximum Gasteiger partial charge on any atom is 0.328 e. The van der Waals surface area contributed by atoms with E-state index in [2.05, 4.69) is 20.5 Å². The van der Waals surface area contributed by atoms with Gasteiger partial charge >= 0.3 is 5.97 Å². The average molecular weight is 548 g/mol. The molecule has 8 nitrogen and oxygen atoms in total. The molecular weight excluding hydrogens is 513 g/mol. The lowest BCUT2D eigenvalue weighted by Gasteiger charge is -2.33. The second-order valence-electron chi connectivity index (χ2n) is 11.0. The fraction of sp³-hybridized carbons (Fsp3) is 0.419. The van der Waals surface area contributed by atoms with Gasteiger partial charge in [-0.15, -0.1) is 0 Å². The SMILES string of the molecule is Cc1ccc([C@]2(C)Oc3cccc(C4CCN(Cc5ncc(/C=C/C(=O)O)n5C[C@@H]5CCO5)CC4)c3O2)c(F)c1. The normalized spacial score (nSPS) is 23.0. The zero-order chi connectivity index (χ0) is 27.9. The van der Waals surface area contributed by atoms with Gasteiger partial charge < -0.3 is 23.9 Å². The first-order chi connectivity index (χ1) is 19.3. The molecule has 2 saturated heterocycles. The molecule has 4 heterocycles. The second kappa shape index (κ2) is 10.7. The molecule has 210 valence electrons. The quantitative estimate of drug-likeness (QED) is 0.386. The molecule has 0 bridgehead atoms. The predicted octanol–water partition coefficient (Wildman–Crippen LogP) is 5.24. The van der Waals surface area contributed by atoms with Crippen molar-refractivity contribution in [1.29, 1.82) is 0 Å². The Morgan fingerprint density at radius 3 is 2.70 bits per heavy atom. The van der Waals surface area contributed by atoms with Crippen LogP contribution in [-0.4, -0.2) is 51.3 Å². The van der Waals surface area contributed by atoms with Crippen LogP contribution in [0.5, 0.6) is 11.5 Å². The molecule has 0 unspecified atom stereocenters. The molecule has 3 aliphatic rings. The first-order valence-corrected chi connectivity index (χ1v) is 13.9. The molecule has 0 spiro atoms. The molecule has 6 rings (SSSR count). The summed E-state index contributed by atoms with van der Waals surface area (Å²) in [7, 11) is 0. The van der Waals surface area contributed by atoms with Crippen molar-refractivity contribution >= 4 is 12.0 Å². The number of rotatable bonds is 8. The number of likely N-dealkylation sites (tertiary alicyclic amines) is 1. The summed E-state index contributed by atoms with van der Waals surface area (Å²) < 4.78 is 35.1. The minimum absolute atomic E-state index is 0.136. The summed E-state index contributed by atoms with van der Waals surface area (Å²) in [4.78, 5) is 18.1. The lowest BCUT2D eigenvalue weighted by atomic mass is 9.88. The number of fused-ring (bicyclic) bond motifs is 1. The van der Waals surface area contributed by atoms with Gasteiger partial charge in [0.1, 0.15) is 11.6 Å². The Balaban J connectivity index is 1.14. The summed E-state index contributed by atoms with van der Waals surface area (Å²) in [5.74, 6) is 0.00462. The number of imidazole rings is 1. The van der Waals surface area contributed by atoms with Gasteiger partial charge in [0.15, 0.2) is 11.5 Å². The number of carbonyl (C=O) groups is 1. The summed E-state index contributed by atoms with van der Waals surface area (Å²) in [5.41, 5.74) is 3.10. The highest BCUT2D eigenvalue weighted by Gasteiger charge is 2.42. The van der Waals surface area contributed by atoms with Crippen LogP contribution >= 0.6 is 0 Å². The van der Waals surface area contributed by atoms with Gasteiger partial charge in [0.25, 0.3) is 5.79 Å². The van der Waals surface area contributed by atoms with E-state index >= 15 is 0 Å². The maximum absolute atomic E-state index is 14.8.